The minimum atomic E-state index is -0.692. The molecule has 3 heteroatoms. The van der Waals surface area contributed by atoms with Gasteiger partial charge in [-0.2, -0.15) is 0 Å². The Hall–Kier alpha value is -0.760. The van der Waals surface area contributed by atoms with Gasteiger partial charge in [-0.1, -0.05) is 69.8 Å². The lowest BCUT2D eigenvalue weighted by atomic mass is 10.1. The summed E-state index contributed by atoms with van der Waals surface area (Å²) >= 11 is 5.08. The summed E-state index contributed by atoms with van der Waals surface area (Å²) in [7, 11) is 0. The monoisotopic (exact) mass is 328 g/mol. The van der Waals surface area contributed by atoms with Crippen molar-refractivity contribution in [2.45, 2.75) is 84.0 Å². The van der Waals surface area contributed by atoms with Gasteiger partial charge in [0.25, 0.3) is 0 Å². The fraction of sp³-hybridized carbons (Fsp3) is 0.737. The number of unbranched alkanes of at least 4 members (excludes halogenated alkanes) is 9. The molecule has 0 atom stereocenters. The summed E-state index contributed by atoms with van der Waals surface area (Å²) < 4.78 is 4.67. The highest BCUT2D eigenvalue weighted by Gasteiger charge is 1.95. The van der Waals surface area contributed by atoms with E-state index in [2.05, 4.69) is 36.0 Å². The SMILES string of the molecule is CCCCCC=CCC=CCCCCCCCCOC(=O)Cl. The van der Waals surface area contributed by atoms with Crippen molar-refractivity contribution in [2.24, 2.45) is 0 Å². The molecule has 0 bridgehead atoms. The molecule has 0 fully saturated rings. The molecule has 22 heavy (non-hydrogen) atoms. The number of carbonyl (C=O) groups is 1. The molecule has 0 N–H and O–H groups in total. The number of carbonyl (C=O) groups excluding carboxylic acids is 1. The van der Waals surface area contributed by atoms with E-state index in [0.717, 1.165) is 19.3 Å². The zero-order valence-corrected chi connectivity index (χ0v) is 15.0. The Morgan fingerprint density at radius 3 is 1.95 bits per heavy atom. The van der Waals surface area contributed by atoms with E-state index in [1.807, 2.05) is 0 Å². The number of rotatable bonds is 15. The Morgan fingerprint density at radius 2 is 1.36 bits per heavy atom. The second-order valence-corrected chi connectivity index (χ2v) is 5.98. The van der Waals surface area contributed by atoms with Crippen molar-refractivity contribution in [1.82, 2.24) is 0 Å². The Labute approximate surface area is 142 Å². The average Bonchev–Trinajstić information content (AvgIpc) is 2.50. The number of allylic oxidation sites excluding steroid dienone is 4. The molecule has 2 nitrogen and oxygen atoms in total. The molecule has 0 aliphatic heterocycles. The number of hydrogen-bond acceptors (Lipinski definition) is 2. The predicted octanol–water partition coefficient (Wildman–Crippen LogP) is 7.18. The van der Waals surface area contributed by atoms with E-state index in [0.29, 0.717) is 6.61 Å². The van der Waals surface area contributed by atoms with Crippen LogP contribution in [0.15, 0.2) is 24.3 Å². The normalized spacial score (nSPS) is 11.5. The van der Waals surface area contributed by atoms with Crippen molar-refractivity contribution in [3.63, 3.8) is 0 Å². The van der Waals surface area contributed by atoms with Crippen LogP contribution in [0.4, 0.5) is 4.79 Å². The fourth-order valence-electron chi connectivity index (χ4n) is 2.24. The molecule has 0 radical (unpaired) electrons. The molecule has 0 saturated carbocycles. The van der Waals surface area contributed by atoms with Gasteiger partial charge in [-0.3, -0.25) is 0 Å². The Balaban J connectivity index is 3.15. The Bertz CT molecular complexity index is 298. The quantitative estimate of drug-likeness (QED) is 0.181. The fourth-order valence-corrected chi connectivity index (χ4v) is 2.32. The molecule has 128 valence electrons. The van der Waals surface area contributed by atoms with Crippen LogP contribution in [0.25, 0.3) is 0 Å². The van der Waals surface area contributed by atoms with E-state index < -0.39 is 5.43 Å². The zero-order chi connectivity index (χ0) is 16.3. The molecular weight excluding hydrogens is 296 g/mol. The molecule has 0 rings (SSSR count). The van der Waals surface area contributed by atoms with E-state index >= 15 is 0 Å². The minimum absolute atomic E-state index is 0.455. The highest BCUT2D eigenvalue weighted by Crippen LogP contribution is 2.08. The molecule has 0 aliphatic carbocycles. The summed E-state index contributed by atoms with van der Waals surface area (Å²) in [6.45, 7) is 2.70. The van der Waals surface area contributed by atoms with E-state index in [9.17, 15) is 4.79 Å². The molecule has 0 spiro atoms. The Morgan fingerprint density at radius 1 is 0.818 bits per heavy atom. The maximum Gasteiger partial charge on any atom is 0.403 e. The molecule has 0 amide bonds. The highest BCUT2D eigenvalue weighted by atomic mass is 35.5. The van der Waals surface area contributed by atoms with Crippen molar-refractivity contribution >= 4 is 17.0 Å². The van der Waals surface area contributed by atoms with Crippen LogP contribution < -0.4 is 0 Å². The van der Waals surface area contributed by atoms with Crippen molar-refractivity contribution in [1.29, 1.82) is 0 Å². The molecule has 0 heterocycles. The minimum Gasteiger partial charge on any atom is -0.454 e. The topological polar surface area (TPSA) is 26.3 Å². The molecule has 0 saturated heterocycles. The van der Waals surface area contributed by atoms with Gasteiger partial charge in [0.1, 0.15) is 0 Å². The first-order valence-electron chi connectivity index (χ1n) is 8.89. The van der Waals surface area contributed by atoms with E-state index in [1.54, 1.807) is 0 Å². The molecule has 0 aliphatic rings. The van der Waals surface area contributed by atoms with Crippen LogP contribution in [0, 0.1) is 0 Å². The first-order valence-corrected chi connectivity index (χ1v) is 9.27. The lowest BCUT2D eigenvalue weighted by Crippen LogP contribution is -1.96. The summed E-state index contributed by atoms with van der Waals surface area (Å²) in [5, 5.41) is 0. The van der Waals surface area contributed by atoms with Crippen LogP contribution in [-0.2, 0) is 4.74 Å². The number of hydrogen-bond donors (Lipinski definition) is 0. The van der Waals surface area contributed by atoms with Crippen LogP contribution in [0.2, 0.25) is 0 Å². The van der Waals surface area contributed by atoms with Gasteiger partial charge in [0, 0.05) is 11.6 Å². The molecule has 0 aromatic carbocycles. The third-order valence-electron chi connectivity index (χ3n) is 3.56. The summed E-state index contributed by atoms with van der Waals surface area (Å²) in [6.07, 6.45) is 23.7. The van der Waals surface area contributed by atoms with Gasteiger partial charge in [0.15, 0.2) is 0 Å². The lowest BCUT2D eigenvalue weighted by Gasteiger charge is -2.01. The van der Waals surface area contributed by atoms with Gasteiger partial charge >= 0.3 is 5.43 Å². The third-order valence-corrected chi connectivity index (χ3v) is 3.67. The maximum absolute atomic E-state index is 10.3. The summed E-state index contributed by atoms with van der Waals surface area (Å²) in [6, 6.07) is 0. The summed E-state index contributed by atoms with van der Waals surface area (Å²) in [5.74, 6) is 0. The average molecular weight is 329 g/mol. The molecule has 0 unspecified atom stereocenters. The van der Waals surface area contributed by atoms with Crippen molar-refractivity contribution in [3.05, 3.63) is 24.3 Å². The molecule has 0 aromatic rings. The van der Waals surface area contributed by atoms with Gasteiger partial charge in [-0.25, -0.2) is 4.79 Å². The van der Waals surface area contributed by atoms with Crippen LogP contribution in [-0.4, -0.2) is 12.0 Å². The first kappa shape index (κ1) is 21.2. The maximum atomic E-state index is 10.3. The standard InChI is InChI=1S/C19H33ClO2/c1-2-3-4-5-6-7-8-9-10-11-12-13-14-15-16-17-18-22-19(20)21/h6-7,9-10H,2-5,8,11-18H2,1H3. The lowest BCUT2D eigenvalue weighted by molar-refractivity contribution is 0.170. The van der Waals surface area contributed by atoms with E-state index in [-0.39, 0.29) is 0 Å². The zero-order valence-electron chi connectivity index (χ0n) is 14.2. The van der Waals surface area contributed by atoms with Crippen LogP contribution >= 0.6 is 11.6 Å². The third kappa shape index (κ3) is 19.2. The second-order valence-electron chi connectivity index (χ2n) is 5.67. The van der Waals surface area contributed by atoms with Gasteiger partial charge in [0.05, 0.1) is 6.61 Å². The smallest absolute Gasteiger partial charge is 0.403 e. The van der Waals surface area contributed by atoms with Crippen LogP contribution in [0.1, 0.15) is 84.0 Å². The van der Waals surface area contributed by atoms with Crippen molar-refractivity contribution in [2.75, 3.05) is 6.61 Å². The van der Waals surface area contributed by atoms with Crippen molar-refractivity contribution in [3.8, 4) is 0 Å². The summed E-state index contributed by atoms with van der Waals surface area (Å²) in [4.78, 5) is 10.3. The van der Waals surface area contributed by atoms with Gasteiger partial charge < -0.3 is 4.74 Å². The van der Waals surface area contributed by atoms with E-state index in [1.165, 1.54) is 57.8 Å². The largest absolute Gasteiger partial charge is 0.454 e. The Kier molecular flexibility index (Phi) is 17.7. The van der Waals surface area contributed by atoms with Crippen molar-refractivity contribution < 1.29 is 9.53 Å². The van der Waals surface area contributed by atoms with Gasteiger partial charge in [0.2, 0.25) is 0 Å². The van der Waals surface area contributed by atoms with Crippen LogP contribution in [0.5, 0.6) is 0 Å². The summed E-state index contributed by atoms with van der Waals surface area (Å²) in [5.41, 5.74) is -0.692. The first-order chi connectivity index (χ1) is 10.8. The number of ether oxygens (including phenoxy) is 1. The van der Waals surface area contributed by atoms with E-state index in [4.69, 9.17) is 11.6 Å². The molecule has 0 aromatic heterocycles. The predicted molar refractivity (Wildman–Crippen MR) is 96.6 cm³/mol. The molecular formula is C19H33ClO2. The second kappa shape index (κ2) is 18.3. The van der Waals surface area contributed by atoms with Crippen LogP contribution in [0.3, 0.4) is 0 Å². The van der Waals surface area contributed by atoms with Gasteiger partial charge in [-0.05, 0) is 38.5 Å². The highest BCUT2D eigenvalue weighted by molar-refractivity contribution is 6.61. The van der Waals surface area contributed by atoms with Gasteiger partial charge in [-0.15, -0.1) is 0 Å². The number of halogens is 1.